The van der Waals surface area contributed by atoms with E-state index in [2.05, 4.69) is 15.4 Å². The third-order valence-corrected chi connectivity index (χ3v) is 2.62. The molecule has 1 aromatic rings. The zero-order chi connectivity index (χ0) is 9.10. The molecule has 4 nitrogen and oxygen atoms in total. The zero-order valence-electron chi connectivity index (χ0n) is 8.03. The van der Waals surface area contributed by atoms with Crippen molar-refractivity contribution in [3.63, 3.8) is 0 Å². The molecule has 2 heterocycles. The minimum atomic E-state index is 0.412. The Hall–Kier alpha value is -0.900. The van der Waals surface area contributed by atoms with Gasteiger partial charge in [0.05, 0.1) is 6.04 Å². The highest BCUT2D eigenvalue weighted by atomic mass is 15.3. The molecule has 1 aliphatic heterocycles. The topological polar surface area (TPSA) is 42.7 Å². The largest absolute Gasteiger partial charge is 0.307 e. The number of aromatic nitrogens is 3. The van der Waals surface area contributed by atoms with Crippen LogP contribution in [-0.2, 0) is 7.05 Å². The standard InChI is InChI=1S/C9H16N4/c1-13-9(11-7-12-13)8-5-3-2-4-6-10-8/h7-8,10H,2-6H2,1H3. The molecule has 1 atom stereocenters. The summed E-state index contributed by atoms with van der Waals surface area (Å²) < 4.78 is 1.86. The van der Waals surface area contributed by atoms with Crippen molar-refractivity contribution in [2.75, 3.05) is 6.54 Å². The summed E-state index contributed by atoms with van der Waals surface area (Å²) in [6.07, 6.45) is 6.73. The van der Waals surface area contributed by atoms with Crippen LogP contribution in [0.5, 0.6) is 0 Å². The van der Waals surface area contributed by atoms with Gasteiger partial charge in [-0.3, -0.25) is 4.68 Å². The van der Waals surface area contributed by atoms with Crippen molar-refractivity contribution in [1.82, 2.24) is 20.1 Å². The van der Waals surface area contributed by atoms with Crippen LogP contribution < -0.4 is 5.32 Å². The summed E-state index contributed by atoms with van der Waals surface area (Å²) in [6, 6.07) is 0.412. The second kappa shape index (κ2) is 3.87. The van der Waals surface area contributed by atoms with Crippen molar-refractivity contribution in [2.24, 2.45) is 7.05 Å². The van der Waals surface area contributed by atoms with Crippen LogP contribution in [0, 0.1) is 0 Å². The van der Waals surface area contributed by atoms with E-state index < -0.39 is 0 Å². The first kappa shape index (κ1) is 8.69. The highest BCUT2D eigenvalue weighted by Gasteiger charge is 2.17. The van der Waals surface area contributed by atoms with Crippen LogP contribution in [0.2, 0.25) is 0 Å². The van der Waals surface area contributed by atoms with E-state index in [0.717, 1.165) is 12.4 Å². The molecule has 13 heavy (non-hydrogen) atoms. The van der Waals surface area contributed by atoms with Crippen molar-refractivity contribution < 1.29 is 0 Å². The van der Waals surface area contributed by atoms with Crippen molar-refractivity contribution in [3.8, 4) is 0 Å². The molecule has 4 heteroatoms. The molecule has 0 aromatic carbocycles. The summed E-state index contributed by atoms with van der Waals surface area (Å²) in [5.41, 5.74) is 0. The number of aryl methyl sites for hydroxylation is 1. The summed E-state index contributed by atoms with van der Waals surface area (Å²) in [6.45, 7) is 1.11. The van der Waals surface area contributed by atoms with Crippen LogP contribution in [-0.4, -0.2) is 21.3 Å². The fraction of sp³-hybridized carbons (Fsp3) is 0.778. The normalized spacial score (nSPS) is 24.2. The van der Waals surface area contributed by atoms with Gasteiger partial charge in [0.2, 0.25) is 0 Å². The average molecular weight is 180 g/mol. The zero-order valence-corrected chi connectivity index (χ0v) is 8.03. The van der Waals surface area contributed by atoms with Gasteiger partial charge in [0.1, 0.15) is 12.2 Å². The van der Waals surface area contributed by atoms with E-state index in [0.29, 0.717) is 6.04 Å². The van der Waals surface area contributed by atoms with Gasteiger partial charge in [-0.25, -0.2) is 4.98 Å². The van der Waals surface area contributed by atoms with E-state index in [9.17, 15) is 0 Å². The Morgan fingerprint density at radius 2 is 2.38 bits per heavy atom. The van der Waals surface area contributed by atoms with Gasteiger partial charge in [-0.2, -0.15) is 5.10 Å². The smallest absolute Gasteiger partial charge is 0.143 e. The van der Waals surface area contributed by atoms with E-state index in [4.69, 9.17) is 0 Å². The lowest BCUT2D eigenvalue weighted by Gasteiger charge is -2.13. The maximum Gasteiger partial charge on any atom is 0.143 e. The fourth-order valence-electron chi connectivity index (χ4n) is 1.87. The third-order valence-electron chi connectivity index (χ3n) is 2.62. The summed E-state index contributed by atoms with van der Waals surface area (Å²) >= 11 is 0. The summed E-state index contributed by atoms with van der Waals surface area (Å²) in [5.74, 6) is 1.07. The van der Waals surface area contributed by atoms with Crippen LogP contribution in [0.4, 0.5) is 0 Å². The summed E-state index contributed by atoms with van der Waals surface area (Å²) in [5, 5.41) is 7.59. The molecule has 0 bridgehead atoms. The maximum absolute atomic E-state index is 4.27. The molecule has 2 rings (SSSR count). The Morgan fingerprint density at radius 3 is 3.15 bits per heavy atom. The minimum absolute atomic E-state index is 0.412. The Kier molecular flexibility index (Phi) is 2.59. The lowest BCUT2D eigenvalue weighted by atomic mass is 10.1. The SMILES string of the molecule is Cn1ncnc1C1CCCCCN1. The minimum Gasteiger partial charge on any atom is -0.307 e. The van der Waals surface area contributed by atoms with Crippen molar-refractivity contribution in [3.05, 3.63) is 12.2 Å². The summed E-state index contributed by atoms with van der Waals surface area (Å²) in [7, 11) is 1.95. The molecule has 0 saturated carbocycles. The second-order valence-corrected chi connectivity index (χ2v) is 3.60. The van der Waals surface area contributed by atoms with Gasteiger partial charge in [0.25, 0.3) is 0 Å². The molecular weight excluding hydrogens is 164 g/mol. The molecule has 0 spiro atoms. The van der Waals surface area contributed by atoms with Crippen LogP contribution in [0.15, 0.2) is 6.33 Å². The molecule has 1 aliphatic rings. The molecular formula is C9H16N4. The third kappa shape index (κ3) is 1.88. The van der Waals surface area contributed by atoms with Gasteiger partial charge < -0.3 is 5.32 Å². The fourth-order valence-corrected chi connectivity index (χ4v) is 1.87. The molecule has 1 aromatic heterocycles. The van der Waals surface area contributed by atoms with Crippen LogP contribution in [0.3, 0.4) is 0 Å². The molecule has 72 valence electrons. The van der Waals surface area contributed by atoms with Crippen LogP contribution in [0.25, 0.3) is 0 Å². The maximum atomic E-state index is 4.27. The van der Waals surface area contributed by atoms with E-state index >= 15 is 0 Å². The Morgan fingerprint density at radius 1 is 1.46 bits per heavy atom. The van der Waals surface area contributed by atoms with E-state index in [1.165, 1.54) is 25.7 Å². The lowest BCUT2D eigenvalue weighted by Crippen LogP contribution is -2.23. The molecule has 1 fully saturated rings. The van der Waals surface area contributed by atoms with Crippen molar-refractivity contribution in [1.29, 1.82) is 0 Å². The van der Waals surface area contributed by atoms with Gasteiger partial charge in [-0.05, 0) is 19.4 Å². The van der Waals surface area contributed by atoms with Crippen LogP contribution in [0.1, 0.15) is 37.5 Å². The van der Waals surface area contributed by atoms with Gasteiger partial charge in [-0.1, -0.05) is 12.8 Å². The Labute approximate surface area is 78.4 Å². The predicted molar refractivity (Wildman–Crippen MR) is 50.2 cm³/mol. The quantitative estimate of drug-likeness (QED) is 0.701. The highest BCUT2D eigenvalue weighted by Crippen LogP contribution is 2.19. The lowest BCUT2D eigenvalue weighted by molar-refractivity contribution is 0.483. The number of rotatable bonds is 1. The highest BCUT2D eigenvalue weighted by molar-refractivity contribution is 4.94. The Bertz CT molecular complexity index is 260. The first-order chi connectivity index (χ1) is 6.38. The predicted octanol–water partition coefficient (Wildman–Crippen LogP) is 1.02. The molecule has 1 saturated heterocycles. The van der Waals surface area contributed by atoms with Crippen molar-refractivity contribution >= 4 is 0 Å². The second-order valence-electron chi connectivity index (χ2n) is 3.60. The molecule has 0 amide bonds. The van der Waals surface area contributed by atoms with Crippen LogP contribution >= 0.6 is 0 Å². The first-order valence-electron chi connectivity index (χ1n) is 4.95. The van der Waals surface area contributed by atoms with Gasteiger partial charge in [-0.15, -0.1) is 0 Å². The van der Waals surface area contributed by atoms with Crippen molar-refractivity contribution in [2.45, 2.75) is 31.7 Å². The number of hydrogen-bond acceptors (Lipinski definition) is 3. The van der Waals surface area contributed by atoms with Gasteiger partial charge >= 0.3 is 0 Å². The number of nitrogens with one attached hydrogen (secondary N) is 1. The van der Waals surface area contributed by atoms with E-state index in [1.807, 2.05) is 11.7 Å². The van der Waals surface area contributed by atoms with E-state index in [-0.39, 0.29) is 0 Å². The Balaban J connectivity index is 2.10. The number of hydrogen-bond donors (Lipinski definition) is 1. The monoisotopic (exact) mass is 180 g/mol. The first-order valence-corrected chi connectivity index (χ1v) is 4.95. The molecule has 1 unspecified atom stereocenters. The molecule has 0 radical (unpaired) electrons. The van der Waals surface area contributed by atoms with E-state index in [1.54, 1.807) is 6.33 Å². The molecule has 1 N–H and O–H groups in total. The average Bonchev–Trinajstić information content (AvgIpc) is 2.43. The van der Waals surface area contributed by atoms with Gasteiger partial charge in [0.15, 0.2) is 0 Å². The van der Waals surface area contributed by atoms with Gasteiger partial charge in [0, 0.05) is 7.05 Å². The molecule has 0 aliphatic carbocycles. The number of nitrogens with zero attached hydrogens (tertiary/aromatic N) is 3. The summed E-state index contributed by atoms with van der Waals surface area (Å²) in [4.78, 5) is 4.27.